The maximum absolute atomic E-state index is 12.4. The minimum Gasteiger partial charge on any atom is -0.382 e. The van der Waals surface area contributed by atoms with E-state index in [1.807, 2.05) is 6.07 Å². The van der Waals surface area contributed by atoms with Crippen LogP contribution in [0.25, 0.3) is 0 Å². The minimum atomic E-state index is -0.269. The number of nitrogens with one attached hydrogen (secondary N) is 1. The fraction of sp³-hybridized carbons (Fsp3) is 0.389. The molecular formula is C18H23N5O. The lowest BCUT2D eigenvalue weighted by atomic mass is 9.72. The van der Waals surface area contributed by atoms with Crippen LogP contribution in [0.1, 0.15) is 28.9 Å². The molecule has 1 aromatic heterocycles. The number of carbonyl (C=O) groups is 1. The largest absolute Gasteiger partial charge is 0.382 e. The van der Waals surface area contributed by atoms with E-state index in [4.69, 9.17) is 5.73 Å². The molecule has 1 amide bonds. The van der Waals surface area contributed by atoms with E-state index in [0.717, 1.165) is 25.9 Å². The van der Waals surface area contributed by atoms with E-state index in [1.165, 1.54) is 18.0 Å². The first-order chi connectivity index (χ1) is 11.6. The van der Waals surface area contributed by atoms with Crippen LogP contribution in [-0.4, -0.2) is 47.5 Å². The highest BCUT2D eigenvalue weighted by Crippen LogP contribution is 2.34. The third-order valence-electron chi connectivity index (χ3n) is 4.86. The fourth-order valence-electron chi connectivity index (χ4n) is 3.26. The lowest BCUT2D eigenvalue weighted by Crippen LogP contribution is -2.48. The minimum absolute atomic E-state index is 0.0552. The molecule has 0 unspecified atom stereocenters. The second-order valence-electron chi connectivity index (χ2n) is 6.42. The first-order valence-corrected chi connectivity index (χ1v) is 8.19. The Morgan fingerprint density at radius 2 is 1.88 bits per heavy atom. The number of rotatable bonds is 4. The predicted molar refractivity (Wildman–Crippen MR) is 93.6 cm³/mol. The van der Waals surface area contributed by atoms with Crippen molar-refractivity contribution in [1.82, 2.24) is 20.2 Å². The number of aromatic nitrogens is 2. The molecule has 0 bridgehead atoms. The average Bonchev–Trinajstić information content (AvgIpc) is 2.62. The van der Waals surface area contributed by atoms with Gasteiger partial charge in [0.05, 0.1) is 0 Å². The van der Waals surface area contributed by atoms with Gasteiger partial charge in [-0.05, 0) is 38.5 Å². The summed E-state index contributed by atoms with van der Waals surface area (Å²) >= 11 is 0. The zero-order valence-electron chi connectivity index (χ0n) is 13.9. The zero-order valence-corrected chi connectivity index (χ0v) is 13.9. The maximum Gasteiger partial charge on any atom is 0.273 e. The van der Waals surface area contributed by atoms with E-state index in [-0.39, 0.29) is 22.8 Å². The molecule has 0 saturated carbocycles. The number of nitrogens with two attached hydrogens (primary N) is 1. The van der Waals surface area contributed by atoms with Crippen LogP contribution in [0.15, 0.2) is 42.7 Å². The van der Waals surface area contributed by atoms with Gasteiger partial charge in [-0.1, -0.05) is 30.3 Å². The van der Waals surface area contributed by atoms with Crippen molar-refractivity contribution in [3.8, 4) is 0 Å². The van der Waals surface area contributed by atoms with Crippen LogP contribution in [0.4, 0.5) is 5.82 Å². The molecule has 1 fully saturated rings. The Labute approximate surface area is 142 Å². The van der Waals surface area contributed by atoms with Crippen LogP contribution in [0, 0.1) is 0 Å². The monoisotopic (exact) mass is 325 g/mol. The van der Waals surface area contributed by atoms with Crippen LogP contribution < -0.4 is 11.1 Å². The van der Waals surface area contributed by atoms with Gasteiger partial charge in [0.1, 0.15) is 0 Å². The molecule has 1 aliphatic heterocycles. The SMILES string of the molecule is CN1CCC(CNC(=O)c2nccnc2N)(c2ccccc2)CC1. The van der Waals surface area contributed by atoms with Gasteiger partial charge in [0.15, 0.2) is 11.5 Å². The summed E-state index contributed by atoms with van der Waals surface area (Å²) in [5.74, 6) is -0.109. The van der Waals surface area contributed by atoms with Crippen molar-refractivity contribution in [3.05, 3.63) is 54.0 Å². The third-order valence-corrected chi connectivity index (χ3v) is 4.86. The molecular weight excluding hydrogens is 302 g/mol. The molecule has 1 saturated heterocycles. The summed E-state index contributed by atoms with van der Waals surface area (Å²) in [5, 5.41) is 3.02. The Balaban J connectivity index is 1.78. The van der Waals surface area contributed by atoms with Crippen LogP contribution in [0.5, 0.6) is 0 Å². The number of nitrogens with zero attached hydrogens (tertiary/aromatic N) is 3. The van der Waals surface area contributed by atoms with E-state index < -0.39 is 0 Å². The van der Waals surface area contributed by atoms with Gasteiger partial charge in [-0.2, -0.15) is 0 Å². The zero-order chi connectivity index (χ0) is 17.0. The number of hydrogen-bond donors (Lipinski definition) is 2. The van der Waals surface area contributed by atoms with E-state index in [1.54, 1.807) is 0 Å². The van der Waals surface area contributed by atoms with E-state index in [0.29, 0.717) is 6.54 Å². The second kappa shape index (κ2) is 6.97. The molecule has 6 nitrogen and oxygen atoms in total. The number of anilines is 1. The molecule has 24 heavy (non-hydrogen) atoms. The van der Waals surface area contributed by atoms with E-state index in [2.05, 4.69) is 51.5 Å². The highest BCUT2D eigenvalue weighted by atomic mass is 16.1. The Kier molecular flexibility index (Phi) is 4.76. The lowest BCUT2D eigenvalue weighted by Gasteiger charge is -2.41. The lowest BCUT2D eigenvalue weighted by molar-refractivity contribution is 0.0923. The molecule has 2 aromatic rings. The summed E-state index contributed by atoms with van der Waals surface area (Å²) in [4.78, 5) is 22.7. The van der Waals surface area contributed by atoms with Crippen molar-refractivity contribution >= 4 is 11.7 Å². The van der Waals surface area contributed by atoms with Crippen LogP contribution in [0.3, 0.4) is 0 Å². The van der Waals surface area contributed by atoms with Crippen molar-refractivity contribution < 1.29 is 4.79 Å². The van der Waals surface area contributed by atoms with Crippen molar-refractivity contribution in [2.24, 2.45) is 0 Å². The summed E-state index contributed by atoms with van der Waals surface area (Å²) in [6, 6.07) is 10.4. The van der Waals surface area contributed by atoms with Crippen molar-refractivity contribution in [2.75, 3.05) is 32.4 Å². The Bertz CT molecular complexity index is 696. The molecule has 3 N–H and O–H groups in total. The summed E-state index contributed by atoms with van der Waals surface area (Å²) in [7, 11) is 2.13. The van der Waals surface area contributed by atoms with Crippen molar-refractivity contribution in [1.29, 1.82) is 0 Å². The summed E-state index contributed by atoms with van der Waals surface area (Å²) in [6.07, 6.45) is 4.97. The fourth-order valence-corrected chi connectivity index (χ4v) is 3.26. The van der Waals surface area contributed by atoms with Gasteiger partial charge in [0.2, 0.25) is 0 Å². The summed E-state index contributed by atoms with van der Waals surface area (Å²) in [5.41, 5.74) is 7.15. The number of hydrogen-bond acceptors (Lipinski definition) is 5. The number of carbonyl (C=O) groups excluding carboxylic acids is 1. The first-order valence-electron chi connectivity index (χ1n) is 8.19. The van der Waals surface area contributed by atoms with Gasteiger partial charge in [0, 0.05) is 24.4 Å². The van der Waals surface area contributed by atoms with Gasteiger partial charge in [-0.3, -0.25) is 4.79 Å². The standard InChI is InChI=1S/C18H23N5O/c1-23-11-7-18(8-12-23,14-5-3-2-4-6-14)13-22-17(24)15-16(19)21-10-9-20-15/h2-6,9-10H,7-8,11-13H2,1H3,(H2,19,21)(H,22,24). The molecule has 1 aliphatic rings. The number of amides is 1. The smallest absolute Gasteiger partial charge is 0.273 e. The first kappa shape index (κ1) is 16.4. The maximum atomic E-state index is 12.4. The van der Waals surface area contributed by atoms with Gasteiger partial charge in [0.25, 0.3) is 5.91 Å². The highest BCUT2D eigenvalue weighted by Gasteiger charge is 2.35. The predicted octanol–water partition coefficient (Wildman–Crippen LogP) is 1.45. The number of piperidine rings is 1. The van der Waals surface area contributed by atoms with Gasteiger partial charge in [-0.25, -0.2) is 9.97 Å². The summed E-state index contributed by atoms with van der Waals surface area (Å²) in [6.45, 7) is 2.59. The third kappa shape index (κ3) is 3.38. The highest BCUT2D eigenvalue weighted by molar-refractivity contribution is 5.96. The van der Waals surface area contributed by atoms with Crippen LogP contribution in [-0.2, 0) is 5.41 Å². The molecule has 0 spiro atoms. The van der Waals surface area contributed by atoms with Gasteiger partial charge < -0.3 is 16.0 Å². The normalized spacial score (nSPS) is 17.4. The number of benzene rings is 1. The van der Waals surface area contributed by atoms with E-state index >= 15 is 0 Å². The topological polar surface area (TPSA) is 84.1 Å². The molecule has 3 rings (SSSR count). The average molecular weight is 325 g/mol. The number of likely N-dealkylation sites (tertiary alicyclic amines) is 1. The van der Waals surface area contributed by atoms with E-state index in [9.17, 15) is 4.79 Å². The molecule has 126 valence electrons. The van der Waals surface area contributed by atoms with Gasteiger partial charge in [-0.15, -0.1) is 0 Å². The van der Waals surface area contributed by atoms with Crippen LogP contribution >= 0.6 is 0 Å². The molecule has 0 radical (unpaired) electrons. The van der Waals surface area contributed by atoms with Crippen molar-refractivity contribution in [2.45, 2.75) is 18.3 Å². The summed E-state index contributed by atoms with van der Waals surface area (Å²) < 4.78 is 0. The van der Waals surface area contributed by atoms with Crippen molar-refractivity contribution in [3.63, 3.8) is 0 Å². The van der Waals surface area contributed by atoms with Gasteiger partial charge >= 0.3 is 0 Å². The Hall–Kier alpha value is -2.47. The second-order valence-corrected chi connectivity index (χ2v) is 6.42. The van der Waals surface area contributed by atoms with Crippen LogP contribution in [0.2, 0.25) is 0 Å². The molecule has 2 heterocycles. The quantitative estimate of drug-likeness (QED) is 0.889. The molecule has 0 aliphatic carbocycles. The molecule has 6 heteroatoms. The molecule has 1 aromatic carbocycles. The number of nitrogen functional groups attached to an aromatic ring is 1. The Morgan fingerprint density at radius 1 is 1.21 bits per heavy atom. The molecule has 0 atom stereocenters. The Morgan fingerprint density at radius 3 is 2.54 bits per heavy atom.